The minimum absolute atomic E-state index is 0.0312. The van der Waals surface area contributed by atoms with Gasteiger partial charge in [-0.05, 0) is 52.7 Å². The fraction of sp³-hybridized carbons (Fsp3) is 0.667. The van der Waals surface area contributed by atoms with Crippen LogP contribution in [-0.2, 0) is 23.8 Å². The van der Waals surface area contributed by atoms with Crippen molar-refractivity contribution in [2.45, 2.75) is 91.6 Å². The van der Waals surface area contributed by atoms with Crippen LogP contribution in [0.5, 0.6) is 5.75 Å². The Kier molecular flexibility index (Phi) is 10.9. The lowest BCUT2D eigenvalue weighted by Gasteiger charge is -2.32. The van der Waals surface area contributed by atoms with E-state index in [0.717, 1.165) is 6.42 Å². The van der Waals surface area contributed by atoms with Gasteiger partial charge in [0.25, 0.3) is 0 Å². The van der Waals surface area contributed by atoms with Crippen LogP contribution in [0.1, 0.15) is 67.7 Å². The summed E-state index contributed by atoms with van der Waals surface area (Å²) in [5.74, 6) is -0.808. The second-order valence-corrected chi connectivity index (χ2v) is 8.55. The fourth-order valence-corrected chi connectivity index (χ4v) is 2.93. The van der Waals surface area contributed by atoms with Crippen molar-refractivity contribution in [1.82, 2.24) is 0 Å². The van der Waals surface area contributed by atoms with E-state index in [0.29, 0.717) is 18.8 Å². The van der Waals surface area contributed by atoms with Crippen molar-refractivity contribution in [3.05, 3.63) is 30.3 Å². The molecule has 0 heterocycles. The molecular weight excluding hydrogens is 384 g/mol. The molecule has 1 rings (SSSR count). The zero-order valence-electron chi connectivity index (χ0n) is 19.5. The maximum Gasteiger partial charge on any atom is 0.309 e. The van der Waals surface area contributed by atoms with Crippen molar-refractivity contribution in [3.8, 4) is 5.75 Å². The summed E-state index contributed by atoms with van der Waals surface area (Å²) in [5, 5.41) is 0. The minimum Gasteiger partial charge on any atom is -0.484 e. The first kappa shape index (κ1) is 26.0. The molecule has 0 N–H and O–H groups in total. The van der Waals surface area contributed by atoms with Gasteiger partial charge in [-0.15, -0.1) is 0 Å². The molecule has 1 aromatic rings. The highest BCUT2D eigenvalue weighted by molar-refractivity contribution is 5.79. The molecule has 1 unspecified atom stereocenters. The van der Waals surface area contributed by atoms with Crippen LogP contribution in [0.4, 0.5) is 0 Å². The van der Waals surface area contributed by atoms with Crippen molar-refractivity contribution in [1.29, 1.82) is 0 Å². The summed E-state index contributed by atoms with van der Waals surface area (Å²) < 4.78 is 23.1. The van der Waals surface area contributed by atoms with E-state index in [1.807, 2.05) is 44.2 Å². The molecule has 170 valence electrons. The second-order valence-electron chi connectivity index (χ2n) is 8.55. The van der Waals surface area contributed by atoms with E-state index < -0.39 is 35.7 Å². The van der Waals surface area contributed by atoms with Gasteiger partial charge >= 0.3 is 11.9 Å². The van der Waals surface area contributed by atoms with Gasteiger partial charge in [0.1, 0.15) is 17.5 Å². The molecule has 0 saturated carbocycles. The largest absolute Gasteiger partial charge is 0.484 e. The summed E-state index contributed by atoms with van der Waals surface area (Å²) in [5.41, 5.74) is -0.590. The molecule has 0 aliphatic rings. The number of rotatable bonds is 12. The van der Waals surface area contributed by atoms with Gasteiger partial charge in [0.05, 0.1) is 18.4 Å². The molecule has 0 fully saturated rings. The van der Waals surface area contributed by atoms with Crippen LogP contribution in [0.25, 0.3) is 0 Å². The highest BCUT2D eigenvalue weighted by atomic mass is 16.6. The van der Waals surface area contributed by atoms with Crippen molar-refractivity contribution in [2.24, 2.45) is 5.92 Å². The van der Waals surface area contributed by atoms with E-state index in [1.165, 1.54) is 0 Å². The normalized spacial score (nSPS) is 15.6. The zero-order chi connectivity index (χ0) is 22.7. The monoisotopic (exact) mass is 422 g/mol. The quantitative estimate of drug-likeness (QED) is 0.444. The maximum atomic E-state index is 12.6. The number of benzene rings is 1. The van der Waals surface area contributed by atoms with E-state index >= 15 is 0 Å². The number of ether oxygens (including phenoxy) is 4. The van der Waals surface area contributed by atoms with E-state index in [-0.39, 0.29) is 12.5 Å². The van der Waals surface area contributed by atoms with Crippen molar-refractivity contribution in [2.75, 3.05) is 6.61 Å². The molecule has 0 aliphatic heterocycles. The predicted octanol–water partition coefficient (Wildman–Crippen LogP) is 4.94. The molecule has 1 aromatic carbocycles. The number of carbonyl (C=O) groups excluding carboxylic acids is 2. The fourth-order valence-electron chi connectivity index (χ4n) is 2.93. The van der Waals surface area contributed by atoms with Crippen molar-refractivity contribution >= 4 is 11.9 Å². The highest BCUT2D eigenvalue weighted by Crippen LogP contribution is 2.21. The Morgan fingerprint density at radius 2 is 1.67 bits per heavy atom. The summed E-state index contributed by atoms with van der Waals surface area (Å²) in [7, 11) is 0. The van der Waals surface area contributed by atoms with Gasteiger partial charge in [0.2, 0.25) is 0 Å². The lowest BCUT2D eigenvalue weighted by molar-refractivity contribution is -0.168. The predicted molar refractivity (Wildman–Crippen MR) is 116 cm³/mol. The number of hydrogen-bond donors (Lipinski definition) is 0. The Hall–Kier alpha value is -2.08. The zero-order valence-corrected chi connectivity index (χ0v) is 19.5. The molecule has 0 saturated heterocycles. The Bertz CT molecular complexity index is 637. The minimum atomic E-state index is -0.615. The number of hydrogen-bond acceptors (Lipinski definition) is 6. The highest BCUT2D eigenvalue weighted by Gasteiger charge is 2.33. The van der Waals surface area contributed by atoms with Crippen LogP contribution in [0, 0.1) is 5.92 Å². The maximum absolute atomic E-state index is 12.6. The molecule has 0 spiro atoms. The smallest absolute Gasteiger partial charge is 0.309 e. The third kappa shape index (κ3) is 9.61. The molecule has 0 aliphatic carbocycles. The summed E-state index contributed by atoms with van der Waals surface area (Å²) >= 11 is 0. The Labute approximate surface area is 181 Å². The average molecular weight is 423 g/mol. The second kappa shape index (κ2) is 12.6. The van der Waals surface area contributed by atoms with Crippen LogP contribution in [0.3, 0.4) is 0 Å². The van der Waals surface area contributed by atoms with Gasteiger partial charge in [0.15, 0.2) is 6.10 Å². The van der Waals surface area contributed by atoms with Crippen LogP contribution in [-0.4, -0.2) is 42.5 Å². The first-order valence-corrected chi connectivity index (χ1v) is 10.8. The van der Waals surface area contributed by atoms with Crippen LogP contribution >= 0.6 is 0 Å². The molecule has 6 heteroatoms. The molecule has 0 amide bonds. The summed E-state index contributed by atoms with van der Waals surface area (Å²) in [6, 6.07) is 9.41. The molecule has 0 bridgehead atoms. The van der Waals surface area contributed by atoms with E-state index in [4.69, 9.17) is 18.9 Å². The molecule has 0 radical (unpaired) electrons. The summed E-state index contributed by atoms with van der Waals surface area (Å²) in [6.45, 7) is 13.5. The van der Waals surface area contributed by atoms with Gasteiger partial charge in [0, 0.05) is 6.61 Å². The van der Waals surface area contributed by atoms with E-state index in [2.05, 4.69) is 0 Å². The van der Waals surface area contributed by atoms with Gasteiger partial charge in [-0.1, -0.05) is 39.0 Å². The van der Waals surface area contributed by atoms with Gasteiger partial charge in [-0.3, -0.25) is 9.59 Å². The van der Waals surface area contributed by atoms with Crippen LogP contribution in [0.15, 0.2) is 30.3 Å². The van der Waals surface area contributed by atoms with Crippen molar-refractivity contribution in [3.63, 3.8) is 0 Å². The Morgan fingerprint density at radius 1 is 1.03 bits per heavy atom. The number of para-hydroxylation sites is 1. The average Bonchev–Trinajstić information content (AvgIpc) is 2.66. The molecular formula is C24H38O6. The molecule has 30 heavy (non-hydrogen) atoms. The van der Waals surface area contributed by atoms with Gasteiger partial charge < -0.3 is 18.9 Å². The lowest BCUT2D eigenvalue weighted by atomic mass is 10.0. The van der Waals surface area contributed by atoms with E-state index in [1.54, 1.807) is 34.6 Å². The number of esters is 2. The molecule has 6 nitrogen and oxygen atoms in total. The van der Waals surface area contributed by atoms with E-state index in [9.17, 15) is 9.59 Å². The van der Waals surface area contributed by atoms with Gasteiger partial charge in [-0.25, -0.2) is 0 Å². The summed E-state index contributed by atoms with van der Waals surface area (Å²) in [6.07, 6.45) is 0.315. The Balaban J connectivity index is 2.82. The van der Waals surface area contributed by atoms with Crippen LogP contribution in [0.2, 0.25) is 0 Å². The van der Waals surface area contributed by atoms with Gasteiger partial charge in [-0.2, -0.15) is 0 Å². The third-order valence-electron chi connectivity index (χ3n) is 4.38. The first-order chi connectivity index (χ1) is 14.1. The summed E-state index contributed by atoms with van der Waals surface area (Å²) in [4.78, 5) is 24.6. The standard InChI is InChI=1S/C24H38O6/c1-8-15-27-20(9-2)22(29-19-13-11-10-12-14-19)18(4)28-23(26)17(3)16-21(25)30-24(5,6)7/h10-14,17-18,20,22H,8-9,15-16H2,1-7H3/t17?,18-,20-,22-/m0/s1. The van der Waals surface area contributed by atoms with Crippen LogP contribution < -0.4 is 4.74 Å². The SMILES string of the molecule is CCCO[C@@H](CC)[C@@H](Oc1ccccc1)[C@H](C)OC(=O)C(C)CC(=O)OC(C)(C)C. The Morgan fingerprint density at radius 3 is 2.20 bits per heavy atom. The number of carbonyl (C=O) groups is 2. The molecule has 4 atom stereocenters. The third-order valence-corrected chi connectivity index (χ3v) is 4.38. The molecule has 0 aromatic heterocycles. The topological polar surface area (TPSA) is 71.1 Å². The lowest BCUT2D eigenvalue weighted by Crippen LogP contribution is -2.45. The first-order valence-electron chi connectivity index (χ1n) is 10.8. The van der Waals surface area contributed by atoms with Crippen molar-refractivity contribution < 1.29 is 28.5 Å².